The Morgan fingerprint density at radius 3 is 2.80 bits per heavy atom. The lowest BCUT2D eigenvalue weighted by molar-refractivity contribution is -0.0347. The van der Waals surface area contributed by atoms with E-state index in [4.69, 9.17) is 15.0 Å². The Hall–Kier alpha value is -1.99. The van der Waals surface area contributed by atoms with Gasteiger partial charge < -0.3 is 15.0 Å². The summed E-state index contributed by atoms with van der Waals surface area (Å²) in [5, 5.41) is 3.98. The molecule has 6 nitrogen and oxygen atoms in total. The molecule has 1 unspecified atom stereocenters. The van der Waals surface area contributed by atoms with Gasteiger partial charge in [-0.1, -0.05) is 5.16 Å². The van der Waals surface area contributed by atoms with Crippen molar-refractivity contribution in [1.29, 1.82) is 0 Å². The van der Waals surface area contributed by atoms with Crippen LogP contribution in [0.5, 0.6) is 5.75 Å². The smallest absolute Gasteiger partial charge is 0.240 e. The normalized spacial score (nSPS) is 22.7. The van der Waals surface area contributed by atoms with Gasteiger partial charge in [0.05, 0.1) is 6.54 Å². The minimum Gasteiger partial charge on any atom is -0.485 e. The van der Waals surface area contributed by atoms with E-state index in [-0.39, 0.29) is 24.0 Å². The molecule has 1 saturated heterocycles. The number of piperidine rings is 1. The van der Waals surface area contributed by atoms with Crippen LogP contribution in [0.2, 0.25) is 0 Å². The molecule has 2 aromatic rings. The predicted molar refractivity (Wildman–Crippen MR) is 89.2 cm³/mol. The molecule has 4 rings (SSSR count). The van der Waals surface area contributed by atoms with Crippen molar-refractivity contribution < 1.29 is 13.7 Å². The molecule has 1 aliphatic heterocycles. The SMILES string of the molecule is NC1CCC2(CCC2)N(Cc2nc(COc3ccc(F)cc3)no2)C1. The van der Waals surface area contributed by atoms with Crippen LogP contribution in [0.15, 0.2) is 28.8 Å². The first-order chi connectivity index (χ1) is 12.1. The third-order valence-electron chi connectivity index (χ3n) is 5.41. The Balaban J connectivity index is 1.36. The zero-order valence-electron chi connectivity index (χ0n) is 14.2. The molecule has 2 N–H and O–H groups in total. The molecule has 1 aromatic heterocycles. The fourth-order valence-corrected chi connectivity index (χ4v) is 3.82. The predicted octanol–water partition coefficient (Wildman–Crippen LogP) is 2.63. The molecular formula is C18H23FN4O2. The maximum atomic E-state index is 12.9. The van der Waals surface area contributed by atoms with Crippen molar-refractivity contribution in [2.45, 2.75) is 56.8 Å². The molecule has 1 saturated carbocycles. The molecule has 25 heavy (non-hydrogen) atoms. The summed E-state index contributed by atoms with van der Waals surface area (Å²) in [5.74, 6) is 1.36. The number of nitrogens with zero attached hydrogens (tertiary/aromatic N) is 3. The van der Waals surface area contributed by atoms with Gasteiger partial charge in [0.15, 0.2) is 6.61 Å². The largest absolute Gasteiger partial charge is 0.485 e. The van der Waals surface area contributed by atoms with Gasteiger partial charge in [-0.3, -0.25) is 4.90 Å². The molecule has 7 heteroatoms. The number of hydrogen-bond donors (Lipinski definition) is 1. The fourth-order valence-electron chi connectivity index (χ4n) is 3.82. The number of ether oxygens (including phenoxy) is 1. The van der Waals surface area contributed by atoms with Crippen LogP contribution in [-0.2, 0) is 13.2 Å². The second kappa shape index (κ2) is 6.72. The third-order valence-corrected chi connectivity index (χ3v) is 5.41. The maximum Gasteiger partial charge on any atom is 0.240 e. The van der Waals surface area contributed by atoms with Crippen LogP contribution in [0.3, 0.4) is 0 Å². The minimum absolute atomic E-state index is 0.194. The van der Waals surface area contributed by atoms with E-state index in [0.29, 0.717) is 24.0 Å². The third kappa shape index (κ3) is 3.52. The molecule has 0 radical (unpaired) electrons. The summed E-state index contributed by atoms with van der Waals surface area (Å²) < 4.78 is 23.8. The highest BCUT2D eigenvalue weighted by atomic mass is 19.1. The van der Waals surface area contributed by atoms with Crippen molar-refractivity contribution in [3.8, 4) is 5.75 Å². The highest BCUT2D eigenvalue weighted by molar-refractivity contribution is 5.22. The van der Waals surface area contributed by atoms with E-state index in [1.165, 1.54) is 31.4 Å². The van der Waals surface area contributed by atoms with E-state index < -0.39 is 0 Å². The van der Waals surface area contributed by atoms with E-state index in [1.54, 1.807) is 12.1 Å². The highest BCUT2D eigenvalue weighted by Gasteiger charge is 2.45. The van der Waals surface area contributed by atoms with Gasteiger partial charge in [0, 0.05) is 18.1 Å². The van der Waals surface area contributed by atoms with Gasteiger partial charge in [-0.15, -0.1) is 0 Å². The van der Waals surface area contributed by atoms with Crippen LogP contribution >= 0.6 is 0 Å². The first-order valence-electron chi connectivity index (χ1n) is 8.83. The lowest BCUT2D eigenvalue weighted by Crippen LogP contribution is -2.60. The van der Waals surface area contributed by atoms with Crippen molar-refractivity contribution in [3.05, 3.63) is 41.8 Å². The van der Waals surface area contributed by atoms with Crippen LogP contribution in [0.1, 0.15) is 43.8 Å². The summed E-state index contributed by atoms with van der Waals surface area (Å²) in [6, 6.07) is 6.08. The number of nitrogens with two attached hydrogens (primary N) is 1. The van der Waals surface area contributed by atoms with E-state index in [2.05, 4.69) is 15.0 Å². The molecule has 2 aliphatic rings. The van der Waals surface area contributed by atoms with Crippen molar-refractivity contribution in [1.82, 2.24) is 15.0 Å². The molecule has 1 atom stereocenters. The summed E-state index contributed by atoms with van der Waals surface area (Å²) in [6.45, 7) is 1.71. The highest BCUT2D eigenvalue weighted by Crippen LogP contribution is 2.44. The van der Waals surface area contributed by atoms with Crippen molar-refractivity contribution in [3.63, 3.8) is 0 Å². The summed E-state index contributed by atoms with van der Waals surface area (Å²) in [5.41, 5.74) is 6.44. The second-order valence-corrected chi connectivity index (χ2v) is 7.10. The Morgan fingerprint density at radius 1 is 1.28 bits per heavy atom. The zero-order valence-corrected chi connectivity index (χ0v) is 14.2. The Bertz CT molecular complexity index is 714. The topological polar surface area (TPSA) is 77.4 Å². The van der Waals surface area contributed by atoms with Gasteiger partial charge in [-0.2, -0.15) is 4.98 Å². The van der Waals surface area contributed by atoms with Gasteiger partial charge in [0.25, 0.3) is 0 Å². The molecule has 1 aliphatic carbocycles. The number of halogens is 1. The monoisotopic (exact) mass is 346 g/mol. The van der Waals surface area contributed by atoms with E-state index in [0.717, 1.165) is 19.4 Å². The second-order valence-electron chi connectivity index (χ2n) is 7.10. The van der Waals surface area contributed by atoms with Gasteiger partial charge in [-0.05, 0) is 56.4 Å². The number of likely N-dealkylation sites (tertiary alicyclic amines) is 1. The van der Waals surface area contributed by atoms with E-state index in [1.807, 2.05) is 0 Å². The van der Waals surface area contributed by atoms with Crippen molar-refractivity contribution >= 4 is 0 Å². The molecule has 0 amide bonds. The number of rotatable bonds is 5. The number of hydrogen-bond acceptors (Lipinski definition) is 6. The zero-order chi connectivity index (χ0) is 17.3. The van der Waals surface area contributed by atoms with Gasteiger partial charge in [0.2, 0.25) is 11.7 Å². The molecule has 1 aromatic carbocycles. The Labute approximate surface area is 146 Å². The summed E-state index contributed by atoms with van der Waals surface area (Å²) in [7, 11) is 0. The average Bonchev–Trinajstić information content (AvgIpc) is 3.01. The Morgan fingerprint density at radius 2 is 2.08 bits per heavy atom. The van der Waals surface area contributed by atoms with Crippen LogP contribution in [0.25, 0.3) is 0 Å². The molecule has 0 bridgehead atoms. The van der Waals surface area contributed by atoms with Crippen LogP contribution < -0.4 is 10.5 Å². The molecule has 134 valence electrons. The van der Waals surface area contributed by atoms with Gasteiger partial charge >= 0.3 is 0 Å². The van der Waals surface area contributed by atoms with Gasteiger partial charge in [0.1, 0.15) is 11.6 Å². The minimum atomic E-state index is -0.293. The molecule has 2 heterocycles. The average molecular weight is 346 g/mol. The standard InChI is InChI=1S/C18H23FN4O2/c19-13-2-4-15(5-3-13)24-12-16-21-17(25-22-16)11-23-10-14(20)6-9-18(23)7-1-8-18/h2-5,14H,1,6-12,20H2. The van der Waals surface area contributed by atoms with Gasteiger partial charge in [-0.25, -0.2) is 4.39 Å². The quantitative estimate of drug-likeness (QED) is 0.897. The number of benzene rings is 1. The lowest BCUT2D eigenvalue weighted by atomic mass is 9.69. The lowest BCUT2D eigenvalue weighted by Gasteiger charge is -2.54. The molecule has 2 fully saturated rings. The van der Waals surface area contributed by atoms with Crippen molar-refractivity contribution in [2.24, 2.45) is 5.73 Å². The van der Waals surface area contributed by atoms with Crippen LogP contribution in [0, 0.1) is 5.82 Å². The molecular weight excluding hydrogens is 323 g/mol. The number of aromatic nitrogens is 2. The van der Waals surface area contributed by atoms with E-state index >= 15 is 0 Å². The summed E-state index contributed by atoms with van der Waals surface area (Å²) in [6.07, 6.45) is 6.00. The first-order valence-corrected chi connectivity index (χ1v) is 8.83. The molecule has 1 spiro atoms. The van der Waals surface area contributed by atoms with Crippen LogP contribution in [0.4, 0.5) is 4.39 Å². The summed E-state index contributed by atoms with van der Waals surface area (Å²) in [4.78, 5) is 6.85. The van der Waals surface area contributed by atoms with Crippen LogP contribution in [-0.4, -0.2) is 33.2 Å². The van der Waals surface area contributed by atoms with E-state index in [9.17, 15) is 4.39 Å². The summed E-state index contributed by atoms with van der Waals surface area (Å²) >= 11 is 0. The first kappa shape index (κ1) is 16.5. The van der Waals surface area contributed by atoms with Crippen molar-refractivity contribution in [2.75, 3.05) is 6.54 Å². The fraction of sp³-hybridized carbons (Fsp3) is 0.556. The Kier molecular flexibility index (Phi) is 4.43. The maximum absolute atomic E-state index is 12.9.